The van der Waals surface area contributed by atoms with Crippen molar-refractivity contribution in [3.63, 3.8) is 0 Å². The molecule has 0 aliphatic rings. The van der Waals surface area contributed by atoms with Gasteiger partial charge in [-0.25, -0.2) is 18.3 Å². The minimum atomic E-state index is 0.519. The first-order valence-electron chi connectivity index (χ1n) is 17.8. The second-order valence-corrected chi connectivity index (χ2v) is 13.2. The lowest BCUT2D eigenvalue weighted by atomic mass is 9.92. The zero-order valence-electron chi connectivity index (χ0n) is 29.6. The number of ether oxygens (including phenoxy) is 2. The lowest BCUT2D eigenvalue weighted by Crippen LogP contribution is -2.35. The van der Waals surface area contributed by atoms with E-state index in [2.05, 4.69) is 180 Å². The van der Waals surface area contributed by atoms with Crippen LogP contribution in [0.5, 0.6) is 11.5 Å². The van der Waals surface area contributed by atoms with Gasteiger partial charge in [0.2, 0.25) is 0 Å². The molecule has 0 spiro atoms. The molecule has 254 valence electrons. The largest absolute Gasteiger partial charge is 0.486 e. The Morgan fingerprint density at radius 2 is 0.731 bits per heavy atom. The van der Waals surface area contributed by atoms with Gasteiger partial charge in [-0.05, 0) is 55.9 Å². The van der Waals surface area contributed by atoms with Gasteiger partial charge in [0, 0.05) is 59.7 Å². The van der Waals surface area contributed by atoms with E-state index in [9.17, 15) is 0 Å². The number of hydrogen-bond donors (Lipinski definition) is 0. The molecule has 6 nitrogen and oxygen atoms in total. The van der Waals surface area contributed by atoms with E-state index in [-0.39, 0.29) is 0 Å². The Morgan fingerprint density at radius 1 is 0.385 bits per heavy atom. The molecule has 0 fully saturated rings. The van der Waals surface area contributed by atoms with E-state index in [0.717, 1.165) is 44.2 Å². The predicted molar refractivity (Wildman–Crippen MR) is 204 cm³/mol. The standard InChI is InChI=1S/C46H42N4O2/c1-47-23-15-35(16-24-47)37-19-27-49(28-20-37)31-33-51-43-13-11-39-7-3-5-9-41(39)45(43)46-42-10-6-4-8-40(42)12-14-44(46)52-34-32-50-29-21-38(22-30-50)36-17-25-48(2)26-18-36/h3-30H,31-34H2,1-2H3/q+4. The SMILES string of the molecule is C[n+]1ccc(-c2cc[n+](CCOc3ccc4ccccc4c3-c3c(OCC[n+]4ccc(-c5cc[n+](C)cc5)cc4)ccc4ccccc34)cc2)cc1. The summed E-state index contributed by atoms with van der Waals surface area (Å²) < 4.78 is 21.8. The maximum Gasteiger partial charge on any atom is 0.182 e. The van der Waals surface area contributed by atoms with Gasteiger partial charge in [-0.3, -0.25) is 0 Å². The molecule has 4 aromatic carbocycles. The van der Waals surface area contributed by atoms with Crippen molar-refractivity contribution < 1.29 is 27.7 Å². The van der Waals surface area contributed by atoms with Gasteiger partial charge in [0.15, 0.2) is 62.7 Å². The molecule has 0 amide bonds. The number of aryl methyl sites for hydroxylation is 2. The fourth-order valence-corrected chi connectivity index (χ4v) is 6.77. The smallest absolute Gasteiger partial charge is 0.182 e. The summed E-state index contributed by atoms with van der Waals surface area (Å²) in [6.07, 6.45) is 16.8. The Morgan fingerprint density at radius 3 is 1.12 bits per heavy atom. The highest BCUT2D eigenvalue weighted by Gasteiger charge is 2.20. The maximum atomic E-state index is 6.68. The van der Waals surface area contributed by atoms with Crippen LogP contribution in [0.4, 0.5) is 0 Å². The van der Waals surface area contributed by atoms with Crippen molar-refractivity contribution in [3.05, 3.63) is 171 Å². The molecule has 52 heavy (non-hydrogen) atoms. The van der Waals surface area contributed by atoms with Crippen LogP contribution in [0.1, 0.15) is 0 Å². The summed E-state index contributed by atoms with van der Waals surface area (Å²) in [5.41, 5.74) is 6.88. The summed E-state index contributed by atoms with van der Waals surface area (Å²) in [6.45, 7) is 2.47. The van der Waals surface area contributed by atoms with E-state index in [1.807, 2.05) is 23.2 Å². The van der Waals surface area contributed by atoms with Crippen LogP contribution in [0.25, 0.3) is 54.9 Å². The normalized spacial score (nSPS) is 11.2. The van der Waals surface area contributed by atoms with Gasteiger partial charge in [0.25, 0.3) is 0 Å². The van der Waals surface area contributed by atoms with Crippen LogP contribution in [-0.2, 0) is 27.2 Å². The summed E-state index contributed by atoms with van der Waals surface area (Å²) in [6, 6.07) is 42.8. The number of aromatic nitrogens is 4. The number of fused-ring (bicyclic) bond motifs is 2. The molecule has 0 aliphatic carbocycles. The average molecular weight is 683 g/mol. The number of rotatable bonds is 11. The van der Waals surface area contributed by atoms with E-state index < -0.39 is 0 Å². The van der Waals surface area contributed by atoms with Gasteiger partial charge in [-0.2, -0.15) is 0 Å². The van der Waals surface area contributed by atoms with Crippen LogP contribution in [0, 0.1) is 0 Å². The van der Waals surface area contributed by atoms with Gasteiger partial charge < -0.3 is 9.47 Å². The second kappa shape index (κ2) is 14.8. The van der Waals surface area contributed by atoms with E-state index in [1.165, 1.54) is 22.3 Å². The molecule has 8 aromatic rings. The van der Waals surface area contributed by atoms with Gasteiger partial charge in [-0.1, -0.05) is 60.7 Å². The van der Waals surface area contributed by atoms with E-state index in [4.69, 9.17) is 9.47 Å². The highest BCUT2D eigenvalue weighted by molar-refractivity contribution is 6.09. The monoisotopic (exact) mass is 682 g/mol. The number of pyridine rings is 4. The lowest BCUT2D eigenvalue weighted by Gasteiger charge is -2.19. The first-order chi connectivity index (χ1) is 25.6. The molecule has 0 saturated carbocycles. The summed E-state index contributed by atoms with van der Waals surface area (Å²) in [5, 5.41) is 4.58. The molecule has 0 unspecified atom stereocenters. The van der Waals surface area contributed by atoms with Gasteiger partial charge in [0.1, 0.15) is 38.8 Å². The zero-order valence-corrected chi connectivity index (χ0v) is 29.6. The maximum absolute atomic E-state index is 6.68. The van der Waals surface area contributed by atoms with Crippen molar-refractivity contribution in [1.29, 1.82) is 0 Å². The van der Waals surface area contributed by atoms with Crippen LogP contribution >= 0.6 is 0 Å². The Balaban J connectivity index is 1.06. The van der Waals surface area contributed by atoms with Crippen molar-refractivity contribution >= 4 is 21.5 Å². The minimum Gasteiger partial charge on any atom is -0.486 e. The second-order valence-electron chi connectivity index (χ2n) is 13.2. The third kappa shape index (κ3) is 7.10. The molecule has 0 radical (unpaired) electrons. The van der Waals surface area contributed by atoms with Crippen LogP contribution in [0.2, 0.25) is 0 Å². The highest BCUT2D eigenvalue weighted by atomic mass is 16.5. The van der Waals surface area contributed by atoms with Crippen LogP contribution in [0.3, 0.4) is 0 Å². The molecule has 6 heteroatoms. The molecule has 0 bridgehead atoms. The quantitative estimate of drug-likeness (QED) is 0.134. The van der Waals surface area contributed by atoms with Gasteiger partial charge in [0.05, 0.1) is 0 Å². The van der Waals surface area contributed by atoms with Crippen LogP contribution < -0.4 is 27.7 Å². The lowest BCUT2D eigenvalue weighted by molar-refractivity contribution is -0.697. The fraction of sp³-hybridized carbons (Fsp3) is 0.130. The van der Waals surface area contributed by atoms with Crippen LogP contribution in [0.15, 0.2) is 171 Å². The van der Waals surface area contributed by atoms with Crippen molar-refractivity contribution in [2.24, 2.45) is 14.1 Å². The molecule has 8 rings (SSSR count). The van der Waals surface area contributed by atoms with Gasteiger partial charge >= 0.3 is 0 Å². The summed E-state index contributed by atoms with van der Waals surface area (Å²) in [5.74, 6) is 1.68. The predicted octanol–water partition coefficient (Wildman–Crippen LogP) is 7.38. The Bertz CT molecular complexity index is 2280. The van der Waals surface area contributed by atoms with Crippen molar-refractivity contribution in [3.8, 4) is 44.9 Å². The summed E-state index contributed by atoms with van der Waals surface area (Å²) in [4.78, 5) is 0. The molecule has 4 aromatic heterocycles. The molecular formula is C46H42N4O2+4. The van der Waals surface area contributed by atoms with Gasteiger partial charge in [-0.15, -0.1) is 0 Å². The fourth-order valence-electron chi connectivity index (χ4n) is 6.77. The van der Waals surface area contributed by atoms with Crippen LogP contribution in [-0.4, -0.2) is 13.2 Å². The van der Waals surface area contributed by atoms with Crippen molar-refractivity contribution in [2.75, 3.05) is 13.2 Å². The molecule has 0 atom stereocenters. The Kier molecular flexibility index (Phi) is 9.35. The first kappa shape index (κ1) is 32.8. The first-order valence-corrected chi connectivity index (χ1v) is 17.8. The third-order valence-corrected chi connectivity index (χ3v) is 9.65. The van der Waals surface area contributed by atoms with E-state index >= 15 is 0 Å². The third-order valence-electron chi connectivity index (χ3n) is 9.65. The van der Waals surface area contributed by atoms with Crippen molar-refractivity contribution in [2.45, 2.75) is 13.1 Å². The topological polar surface area (TPSA) is 34.0 Å². The molecule has 4 heterocycles. The minimum absolute atomic E-state index is 0.519. The van der Waals surface area contributed by atoms with Crippen molar-refractivity contribution in [1.82, 2.24) is 0 Å². The summed E-state index contributed by atoms with van der Waals surface area (Å²) >= 11 is 0. The average Bonchev–Trinajstić information content (AvgIpc) is 3.19. The van der Waals surface area contributed by atoms with E-state index in [1.54, 1.807) is 0 Å². The highest BCUT2D eigenvalue weighted by Crippen LogP contribution is 2.45. The number of benzene rings is 4. The summed E-state index contributed by atoms with van der Waals surface area (Å²) in [7, 11) is 4.06. The molecule has 0 aliphatic heterocycles. The number of hydrogen-bond acceptors (Lipinski definition) is 2. The molecule has 0 N–H and O–H groups in total. The Hall–Kier alpha value is -6.40. The molecular weight excluding hydrogens is 641 g/mol. The molecule has 0 saturated heterocycles. The Labute approximate surface area is 304 Å². The van der Waals surface area contributed by atoms with E-state index in [0.29, 0.717) is 26.3 Å². The number of nitrogens with zero attached hydrogens (tertiary/aromatic N) is 4. The zero-order chi connectivity index (χ0) is 35.3.